The number of alkyl halides is 1. The Labute approximate surface area is 173 Å². The van der Waals surface area contributed by atoms with E-state index in [9.17, 15) is 0 Å². The molecule has 144 valence electrons. The van der Waals surface area contributed by atoms with Crippen LogP contribution in [0.1, 0.15) is 30.4 Å². The summed E-state index contributed by atoms with van der Waals surface area (Å²) in [6.07, 6.45) is 2.98. The number of nitrogens with two attached hydrogens (primary N) is 2. The van der Waals surface area contributed by atoms with Crippen molar-refractivity contribution < 1.29 is 9.47 Å². The first-order chi connectivity index (χ1) is 13.0. The van der Waals surface area contributed by atoms with E-state index < -0.39 is 0 Å². The average molecular weight is 480 g/mol. The molecule has 2 aromatic carbocycles. The molecule has 1 unspecified atom stereocenters. The second kappa shape index (κ2) is 10.8. The Balaban J connectivity index is 1.59. The third-order valence-electron chi connectivity index (χ3n) is 3.96. The Morgan fingerprint density at radius 3 is 1.67 bits per heavy atom. The number of halogens is 1. The van der Waals surface area contributed by atoms with E-state index in [-0.39, 0.29) is 11.7 Å². The molecule has 0 aliphatic heterocycles. The molecule has 0 saturated carbocycles. The van der Waals surface area contributed by atoms with Gasteiger partial charge in [0.05, 0.1) is 13.2 Å². The Morgan fingerprint density at radius 1 is 0.778 bits per heavy atom. The number of rotatable bonds is 11. The first-order valence-electron chi connectivity index (χ1n) is 8.74. The predicted molar refractivity (Wildman–Crippen MR) is 118 cm³/mol. The average Bonchev–Trinajstić information content (AvgIpc) is 2.66. The fourth-order valence-corrected chi connectivity index (χ4v) is 3.10. The van der Waals surface area contributed by atoms with Crippen molar-refractivity contribution in [2.45, 2.75) is 23.2 Å². The zero-order valence-corrected chi connectivity index (χ0v) is 17.2. The largest absolute Gasteiger partial charge is 0.494 e. The number of hydrogen-bond donors (Lipinski definition) is 4. The lowest BCUT2D eigenvalue weighted by Gasteiger charge is -2.12. The fourth-order valence-electron chi connectivity index (χ4n) is 2.41. The Morgan fingerprint density at radius 2 is 1.22 bits per heavy atom. The van der Waals surface area contributed by atoms with Crippen molar-refractivity contribution in [1.82, 2.24) is 0 Å². The SMILES string of the molecule is N=C(N)c1ccc(OCCCC(I)CCOc2ccc(C(=N)N)cc2)cc1. The van der Waals surface area contributed by atoms with Gasteiger partial charge in [0.15, 0.2) is 0 Å². The predicted octanol–water partition coefficient (Wildman–Crippen LogP) is 3.69. The molecule has 0 aliphatic carbocycles. The van der Waals surface area contributed by atoms with Gasteiger partial charge in [-0.15, -0.1) is 0 Å². The van der Waals surface area contributed by atoms with Crippen molar-refractivity contribution in [2.24, 2.45) is 11.5 Å². The molecule has 7 heteroatoms. The molecule has 2 rings (SSSR count). The number of nitrogen functional groups attached to an aromatic ring is 2. The van der Waals surface area contributed by atoms with Crippen LogP contribution in [0, 0.1) is 10.8 Å². The Bertz CT molecular complexity index is 748. The summed E-state index contributed by atoms with van der Waals surface area (Å²) in [4.78, 5) is 0. The zero-order chi connectivity index (χ0) is 19.6. The second-order valence-corrected chi connectivity index (χ2v) is 7.86. The molecule has 0 spiro atoms. The molecular formula is C20H25IN4O2. The monoisotopic (exact) mass is 480 g/mol. The summed E-state index contributed by atoms with van der Waals surface area (Å²) in [5.41, 5.74) is 12.3. The summed E-state index contributed by atoms with van der Waals surface area (Å²) < 4.78 is 12.0. The highest BCUT2D eigenvalue weighted by molar-refractivity contribution is 14.1. The van der Waals surface area contributed by atoms with E-state index in [4.69, 9.17) is 31.8 Å². The van der Waals surface area contributed by atoms with Crippen molar-refractivity contribution in [1.29, 1.82) is 10.8 Å². The summed E-state index contributed by atoms with van der Waals surface area (Å²) in [6.45, 7) is 1.31. The van der Waals surface area contributed by atoms with Crippen LogP contribution >= 0.6 is 22.6 Å². The molecule has 27 heavy (non-hydrogen) atoms. The molecule has 0 saturated heterocycles. The quantitative estimate of drug-likeness (QED) is 0.129. The van der Waals surface area contributed by atoms with Gasteiger partial charge in [0.1, 0.15) is 23.2 Å². The van der Waals surface area contributed by atoms with Gasteiger partial charge in [0.25, 0.3) is 0 Å². The summed E-state index contributed by atoms with van der Waals surface area (Å²) in [5, 5.41) is 14.7. The first kappa shape index (κ1) is 21.0. The molecule has 0 aliphatic rings. The Kier molecular flexibility index (Phi) is 8.38. The molecule has 0 aromatic heterocycles. The number of benzene rings is 2. The van der Waals surface area contributed by atoms with Crippen LogP contribution in [-0.2, 0) is 0 Å². The molecule has 1 atom stereocenters. The van der Waals surface area contributed by atoms with E-state index in [0.717, 1.165) is 30.8 Å². The maximum Gasteiger partial charge on any atom is 0.122 e. The van der Waals surface area contributed by atoms with Crippen LogP contribution in [0.4, 0.5) is 0 Å². The van der Waals surface area contributed by atoms with Crippen molar-refractivity contribution >= 4 is 34.3 Å². The van der Waals surface area contributed by atoms with Gasteiger partial charge in [-0.05, 0) is 67.8 Å². The molecule has 0 amide bonds. The molecule has 6 N–H and O–H groups in total. The molecule has 0 bridgehead atoms. The standard InChI is InChI=1S/C20H25IN4O2/c21-16(11-13-27-18-9-5-15(6-10-18)20(24)25)2-1-12-26-17-7-3-14(4-8-17)19(22)23/h3-10,16H,1-2,11-13H2,(H3,22,23)(H3,24,25). The van der Waals surface area contributed by atoms with Gasteiger partial charge in [0, 0.05) is 15.1 Å². The molecule has 0 heterocycles. The van der Waals surface area contributed by atoms with E-state index in [1.807, 2.05) is 24.3 Å². The third-order valence-corrected chi connectivity index (χ3v) is 5.21. The zero-order valence-electron chi connectivity index (χ0n) is 15.1. The van der Waals surface area contributed by atoms with E-state index in [1.165, 1.54) is 0 Å². The highest BCUT2D eigenvalue weighted by Gasteiger charge is 2.06. The molecular weight excluding hydrogens is 455 g/mol. The maximum atomic E-state index is 7.37. The van der Waals surface area contributed by atoms with Gasteiger partial charge >= 0.3 is 0 Å². The summed E-state index contributed by atoms with van der Waals surface area (Å²) in [7, 11) is 0. The van der Waals surface area contributed by atoms with E-state index >= 15 is 0 Å². The van der Waals surface area contributed by atoms with E-state index in [1.54, 1.807) is 24.3 Å². The fraction of sp³-hybridized carbons (Fsp3) is 0.300. The van der Waals surface area contributed by atoms with Crippen LogP contribution < -0.4 is 20.9 Å². The number of hydrogen-bond acceptors (Lipinski definition) is 4. The number of ether oxygens (including phenoxy) is 2. The van der Waals surface area contributed by atoms with Gasteiger partial charge in [-0.1, -0.05) is 22.6 Å². The molecule has 2 aromatic rings. The van der Waals surface area contributed by atoms with Crippen molar-refractivity contribution in [3.8, 4) is 11.5 Å². The lowest BCUT2D eigenvalue weighted by atomic mass is 10.2. The minimum absolute atomic E-state index is 0.0610. The second-order valence-electron chi connectivity index (χ2n) is 6.10. The minimum atomic E-state index is 0.0610. The lowest BCUT2D eigenvalue weighted by Crippen LogP contribution is -2.11. The summed E-state index contributed by atoms with van der Waals surface area (Å²) in [5.74, 6) is 1.71. The van der Waals surface area contributed by atoms with Crippen LogP contribution in [0.25, 0.3) is 0 Å². The molecule has 0 fully saturated rings. The Hall–Kier alpha value is -2.29. The normalized spacial score (nSPS) is 11.6. The van der Waals surface area contributed by atoms with Crippen LogP contribution in [0.2, 0.25) is 0 Å². The van der Waals surface area contributed by atoms with Crippen molar-refractivity contribution in [3.63, 3.8) is 0 Å². The van der Waals surface area contributed by atoms with Gasteiger partial charge < -0.3 is 20.9 Å². The van der Waals surface area contributed by atoms with Crippen molar-refractivity contribution in [3.05, 3.63) is 59.7 Å². The highest BCUT2D eigenvalue weighted by atomic mass is 127. The molecule has 0 radical (unpaired) electrons. The minimum Gasteiger partial charge on any atom is -0.494 e. The smallest absolute Gasteiger partial charge is 0.122 e. The van der Waals surface area contributed by atoms with Crippen molar-refractivity contribution in [2.75, 3.05) is 13.2 Å². The maximum absolute atomic E-state index is 7.37. The number of nitrogens with one attached hydrogen (secondary N) is 2. The van der Waals surface area contributed by atoms with Crippen LogP contribution in [0.3, 0.4) is 0 Å². The van der Waals surface area contributed by atoms with Gasteiger partial charge in [-0.25, -0.2) is 0 Å². The van der Waals surface area contributed by atoms with Crippen LogP contribution in [0.5, 0.6) is 11.5 Å². The van der Waals surface area contributed by atoms with Gasteiger partial charge in [-0.2, -0.15) is 0 Å². The van der Waals surface area contributed by atoms with Crippen LogP contribution in [0.15, 0.2) is 48.5 Å². The summed E-state index contributed by atoms with van der Waals surface area (Å²) in [6, 6.07) is 14.5. The molecule has 6 nitrogen and oxygen atoms in total. The third kappa shape index (κ3) is 7.46. The summed E-state index contributed by atoms with van der Waals surface area (Å²) >= 11 is 2.45. The van der Waals surface area contributed by atoms with E-state index in [2.05, 4.69) is 22.6 Å². The highest BCUT2D eigenvalue weighted by Crippen LogP contribution is 2.17. The lowest BCUT2D eigenvalue weighted by molar-refractivity contribution is 0.292. The number of amidine groups is 2. The van der Waals surface area contributed by atoms with Gasteiger partial charge in [0.2, 0.25) is 0 Å². The van der Waals surface area contributed by atoms with Crippen LogP contribution in [-0.4, -0.2) is 28.8 Å². The first-order valence-corrected chi connectivity index (χ1v) is 9.99. The van der Waals surface area contributed by atoms with E-state index in [0.29, 0.717) is 28.3 Å². The topological polar surface area (TPSA) is 118 Å². The van der Waals surface area contributed by atoms with Gasteiger partial charge in [-0.3, -0.25) is 10.8 Å².